The van der Waals surface area contributed by atoms with E-state index < -0.39 is 4.92 Å². The molecule has 1 heterocycles. The summed E-state index contributed by atoms with van der Waals surface area (Å²) >= 11 is 3.35. The second-order valence-corrected chi connectivity index (χ2v) is 5.91. The molecule has 1 aliphatic rings. The third-order valence-corrected chi connectivity index (χ3v) is 4.32. The van der Waals surface area contributed by atoms with Crippen LogP contribution < -0.4 is 4.74 Å². The van der Waals surface area contributed by atoms with E-state index in [2.05, 4.69) is 21.1 Å². The molecule has 2 aromatic carbocycles. The van der Waals surface area contributed by atoms with Gasteiger partial charge in [0.25, 0.3) is 0 Å². The van der Waals surface area contributed by atoms with Crippen molar-refractivity contribution in [2.75, 3.05) is 5.33 Å². The van der Waals surface area contributed by atoms with Crippen molar-refractivity contribution in [1.82, 2.24) is 0 Å². The summed E-state index contributed by atoms with van der Waals surface area (Å²) in [5, 5.41) is 15.9. The van der Waals surface area contributed by atoms with Crippen LogP contribution in [0.3, 0.4) is 0 Å². The molecule has 0 fully saturated rings. The minimum Gasteiger partial charge on any atom is -0.482 e. The molecule has 0 spiro atoms. The summed E-state index contributed by atoms with van der Waals surface area (Å²) in [4.78, 5) is 16.2. The van der Waals surface area contributed by atoms with Crippen LogP contribution in [0.4, 0.5) is 5.69 Å². The van der Waals surface area contributed by atoms with E-state index in [9.17, 15) is 10.1 Å². The van der Waals surface area contributed by atoms with Crippen molar-refractivity contribution < 1.29 is 14.5 Å². The third kappa shape index (κ3) is 3.73. The predicted molar refractivity (Wildman–Crippen MR) is 93.5 cm³/mol. The minimum atomic E-state index is -0.444. The molecule has 1 atom stereocenters. The van der Waals surface area contributed by atoms with Gasteiger partial charge in [-0.3, -0.25) is 10.1 Å². The zero-order chi connectivity index (χ0) is 16.9. The van der Waals surface area contributed by atoms with Crippen LogP contribution in [0.2, 0.25) is 0 Å². The zero-order valence-electron chi connectivity index (χ0n) is 12.7. The fourth-order valence-corrected chi connectivity index (χ4v) is 2.75. The molecule has 0 amide bonds. The van der Waals surface area contributed by atoms with Gasteiger partial charge in [-0.05, 0) is 23.3 Å². The Morgan fingerprint density at radius 2 is 2.08 bits per heavy atom. The number of benzene rings is 2. The quantitative estimate of drug-likeness (QED) is 0.416. The zero-order valence-corrected chi connectivity index (χ0v) is 14.3. The number of hydrogen-bond donors (Lipinski definition) is 0. The largest absolute Gasteiger partial charge is 0.482 e. The SMILES string of the molecule is O=[N+]([O-])c1ccc(C2CC(CBr)=NO2)cc1OCc1ccccc1. The fraction of sp³-hybridized carbons (Fsp3) is 0.235. The van der Waals surface area contributed by atoms with Crippen LogP contribution in [0.25, 0.3) is 0 Å². The summed E-state index contributed by atoms with van der Waals surface area (Å²) in [5.41, 5.74) is 2.60. The molecular formula is C17H15BrN2O4. The van der Waals surface area contributed by atoms with Gasteiger partial charge in [-0.25, -0.2) is 0 Å². The second kappa shape index (κ2) is 7.44. The normalized spacial score (nSPS) is 16.4. The molecule has 24 heavy (non-hydrogen) atoms. The first-order valence-electron chi connectivity index (χ1n) is 7.40. The standard InChI is InChI=1S/C17H15BrN2O4/c18-10-14-9-16(24-19-14)13-6-7-15(20(21)22)17(8-13)23-11-12-4-2-1-3-5-12/h1-8,16H,9-11H2. The smallest absolute Gasteiger partial charge is 0.310 e. The number of rotatable bonds is 6. The van der Waals surface area contributed by atoms with Gasteiger partial charge in [-0.15, -0.1) is 0 Å². The third-order valence-electron chi connectivity index (χ3n) is 3.67. The van der Waals surface area contributed by atoms with Gasteiger partial charge < -0.3 is 9.57 Å². The monoisotopic (exact) mass is 390 g/mol. The summed E-state index contributed by atoms with van der Waals surface area (Å²) < 4.78 is 5.69. The highest BCUT2D eigenvalue weighted by molar-refractivity contribution is 9.09. The number of ether oxygens (including phenoxy) is 1. The maximum atomic E-state index is 11.2. The molecule has 0 bridgehead atoms. The summed E-state index contributed by atoms with van der Waals surface area (Å²) in [6, 6.07) is 14.3. The highest BCUT2D eigenvalue weighted by Gasteiger charge is 2.25. The van der Waals surface area contributed by atoms with Gasteiger partial charge in [-0.2, -0.15) is 0 Å². The molecule has 0 aliphatic carbocycles. The molecule has 6 nitrogen and oxygen atoms in total. The molecule has 0 saturated carbocycles. The van der Waals surface area contributed by atoms with Crippen LogP contribution in [0.15, 0.2) is 53.7 Å². The maximum Gasteiger partial charge on any atom is 0.310 e. The van der Waals surface area contributed by atoms with Crippen LogP contribution in [0, 0.1) is 10.1 Å². The second-order valence-electron chi connectivity index (χ2n) is 5.35. The number of oxime groups is 1. The van der Waals surface area contributed by atoms with E-state index in [1.807, 2.05) is 30.3 Å². The fourth-order valence-electron chi connectivity index (χ4n) is 2.42. The molecule has 0 N–H and O–H groups in total. The molecule has 2 aromatic rings. The summed E-state index contributed by atoms with van der Waals surface area (Å²) in [6.07, 6.45) is 0.415. The number of alkyl halides is 1. The molecule has 124 valence electrons. The lowest BCUT2D eigenvalue weighted by Gasteiger charge is -2.12. The molecule has 0 radical (unpaired) electrons. The molecule has 7 heteroatoms. The molecule has 1 aliphatic heterocycles. The molecular weight excluding hydrogens is 376 g/mol. The average Bonchev–Trinajstić information content (AvgIpc) is 3.09. The van der Waals surface area contributed by atoms with Crippen molar-refractivity contribution in [3.63, 3.8) is 0 Å². The Morgan fingerprint density at radius 1 is 1.29 bits per heavy atom. The van der Waals surface area contributed by atoms with Gasteiger partial charge >= 0.3 is 5.69 Å². The Kier molecular flexibility index (Phi) is 5.10. The van der Waals surface area contributed by atoms with Crippen LogP contribution in [-0.2, 0) is 11.4 Å². The van der Waals surface area contributed by atoms with Crippen LogP contribution in [0.5, 0.6) is 5.75 Å². The van der Waals surface area contributed by atoms with Gasteiger partial charge in [0.1, 0.15) is 6.61 Å². The van der Waals surface area contributed by atoms with Crippen molar-refractivity contribution in [1.29, 1.82) is 0 Å². The Labute approximate surface area is 147 Å². The number of nitro groups is 1. The van der Waals surface area contributed by atoms with E-state index in [1.165, 1.54) is 6.07 Å². The summed E-state index contributed by atoms with van der Waals surface area (Å²) in [6.45, 7) is 0.264. The van der Waals surface area contributed by atoms with Crippen molar-refractivity contribution in [3.05, 3.63) is 69.8 Å². The lowest BCUT2D eigenvalue weighted by molar-refractivity contribution is -0.386. The lowest BCUT2D eigenvalue weighted by atomic mass is 10.0. The number of nitro benzene ring substituents is 1. The molecule has 1 unspecified atom stereocenters. The van der Waals surface area contributed by atoms with Crippen molar-refractivity contribution in [2.24, 2.45) is 5.16 Å². The van der Waals surface area contributed by atoms with Crippen molar-refractivity contribution >= 4 is 27.3 Å². The van der Waals surface area contributed by atoms with E-state index in [0.29, 0.717) is 11.8 Å². The van der Waals surface area contributed by atoms with Gasteiger partial charge in [0, 0.05) is 17.8 Å². The Morgan fingerprint density at radius 3 is 2.75 bits per heavy atom. The maximum absolute atomic E-state index is 11.2. The van der Waals surface area contributed by atoms with Gasteiger partial charge in [0.2, 0.25) is 0 Å². The molecule has 3 rings (SSSR count). The van der Waals surface area contributed by atoms with Crippen LogP contribution in [-0.4, -0.2) is 16.0 Å². The van der Waals surface area contributed by atoms with E-state index in [-0.39, 0.29) is 24.1 Å². The summed E-state index contributed by atoms with van der Waals surface area (Å²) in [7, 11) is 0. The Balaban J connectivity index is 1.80. The predicted octanol–water partition coefficient (Wildman–Crippen LogP) is 4.39. The Bertz CT molecular complexity index is 764. The van der Waals surface area contributed by atoms with Crippen molar-refractivity contribution in [2.45, 2.75) is 19.1 Å². The van der Waals surface area contributed by atoms with E-state index in [1.54, 1.807) is 12.1 Å². The van der Waals surface area contributed by atoms with Gasteiger partial charge in [0.05, 0.1) is 10.6 Å². The van der Waals surface area contributed by atoms with E-state index in [0.717, 1.165) is 16.8 Å². The lowest BCUT2D eigenvalue weighted by Crippen LogP contribution is -2.04. The van der Waals surface area contributed by atoms with E-state index in [4.69, 9.17) is 9.57 Å². The van der Waals surface area contributed by atoms with Crippen LogP contribution in [0.1, 0.15) is 23.7 Å². The first-order chi connectivity index (χ1) is 11.7. The topological polar surface area (TPSA) is 74.0 Å². The Hall–Kier alpha value is -2.41. The van der Waals surface area contributed by atoms with Crippen molar-refractivity contribution in [3.8, 4) is 5.75 Å². The van der Waals surface area contributed by atoms with E-state index >= 15 is 0 Å². The van der Waals surface area contributed by atoms with Gasteiger partial charge in [-0.1, -0.05) is 51.4 Å². The number of halogens is 1. The first kappa shape index (κ1) is 16.4. The van der Waals surface area contributed by atoms with Crippen LogP contribution >= 0.6 is 15.9 Å². The average molecular weight is 391 g/mol. The molecule has 0 aromatic heterocycles. The number of hydrogen-bond acceptors (Lipinski definition) is 5. The highest BCUT2D eigenvalue weighted by Crippen LogP contribution is 2.35. The molecule has 0 saturated heterocycles. The number of nitrogens with zero attached hydrogens (tertiary/aromatic N) is 2. The minimum absolute atomic E-state index is 0.0608. The highest BCUT2D eigenvalue weighted by atomic mass is 79.9. The first-order valence-corrected chi connectivity index (χ1v) is 8.52. The van der Waals surface area contributed by atoms with Gasteiger partial charge in [0.15, 0.2) is 11.9 Å². The summed E-state index contributed by atoms with van der Waals surface area (Å²) in [5.74, 6) is 0.234.